The van der Waals surface area contributed by atoms with Crippen molar-refractivity contribution in [3.8, 4) is 11.8 Å². The topological polar surface area (TPSA) is 61.3 Å². The van der Waals surface area contributed by atoms with Gasteiger partial charge in [0, 0.05) is 7.05 Å². The van der Waals surface area contributed by atoms with E-state index in [1.54, 1.807) is 22.8 Å². The molecular weight excluding hydrogens is 288 g/mol. The summed E-state index contributed by atoms with van der Waals surface area (Å²) in [7, 11) is 1.61. The summed E-state index contributed by atoms with van der Waals surface area (Å²) in [5.41, 5.74) is -0.351. The number of anilines is 2. The molecule has 2 heterocycles. The molecule has 1 aliphatic heterocycles. The Balaban J connectivity index is 2.61. The maximum absolute atomic E-state index is 11.8. The fraction of sp³-hybridized carbons (Fsp3) is 0.400. The number of hydrogen-bond acceptors (Lipinski definition) is 4. The van der Waals surface area contributed by atoms with Crippen molar-refractivity contribution in [2.75, 3.05) is 22.0 Å². The summed E-state index contributed by atoms with van der Waals surface area (Å²) in [4.78, 5) is 27.4. The Labute approximate surface area is 106 Å². The molecule has 0 spiro atoms. The van der Waals surface area contributed by atoms with Gasteiger partial charge in [0.05, 0.1) is 22.7 Å². The average molecular weight is 299 g/mol. The monoisotopic (exact) mass is 298 g/mol. The minimum atomic E-state index is -0.429. The van der Waals surface area contributed by atoms with Gasteiger partial charge in [0.15, 0.2) is 5.82 Å². The Morgan fingerprint density at radius 3 is 2.82 bits per heavy atom. The van der Waals surface area contributed by atoms with Crippen molar-refractivity contribution in [3.63, 3.8) is 0 Å². The minimum absolute atomic E-state index is 0.386. The third-order valence-electron chi connectivity index (χ3n) is 2.56. The zero-order valence-electron chi connectivity index (χ0n) is 9.45. The number of aromatic nitrogens is 2. The summed E-state index contributed by atoms with van der Waals surface area (Å²) in [6, 6.07) is 0. The Bertz CT molecular complexity index is 622. The molecule has 0 radical (unpaired) electrons. The van der Waals surface area contributed by atoms with Crippen LogP contribution in [0.15, 0.2) is 9.59 Å². The summed E-state index contributed by atoms with van der Waals surface area (Å²) in [5.74, 6) is 6.23. The molecule has 2 rings (SSSR count). The molecule has 0 atom stereocenters. The van der Waals surface area contributed by atoms with E-state index in [1.807, 2.05) is 0 Å². The van der Waals surface area contributed by atoms with Gasteiger partial charge in [-0.25, -0.2) is 4.79 Å². The molecule has 0 fully saturated rings. The van der Waals surface area contributed by atoms with Crippen LogP contribution in [0.1, 0.15) is 6.92 Å². The fourth-order valence-corrected chi connectivity index (χ4v) is 2.43. The van der Waals surface area contributed by atoms with E-state index in [9.17, 15) is 9.59 Å². The van der Waals surface area contributed by atoms with E-state index in [-0.39, 0.29) is 5.56 Å². The number of fused-ring (bicyclic) bond motifs is 1. The molecule has 90 valence electrons. The van der Waals surface area contributed by atoms with Gasteiger partial charge < -0.3 is 4.90 Å². The molecule has 0 unspecified atom stereocenters. The zero-order valence-corrected chi connectivity index (χ0v) is 11.0. The smallest absolute Gasteiger partial charge is 0.329 e. The highest BCUT2D eigenvalue weighted by atomic mass is 79.9. The third kappa shape index (κ3) is 1.85. The van der Waals surface area contributed by atoms with E-state index in [2.05, 4.69) is 33.0 Å². The third-order valence-corrected chi connectivity index (χ3v) is 3.12. The largest absolute Gasteiger partial charge is 0.334 e. The lowest BCUT2D eigenvalue weighted by atomic mass is 10.4. The number of nitrogens with zero attached hydrogens (tertiary/aromatic N) is 3. The molecule has 0 aliphatic carbocycles. The van der Waals surface area contributed by atoms with Crippen molar-refractivity contribution in [2.24, 2.45) is 7.05 Å². The number of aromatic amines is 1. The van der Waals surface area contributed by atoms with E-state index >= 15 is 0 Å². The van der Waals surface area contributed by atoms with E-state index < -0.39 is 5.69 Å². The van der Waals surface area contributed by atoms with Crippen LogP contribution in [0.4, 0.5) is 11.5 Å². The average Bonchev–Trinajstić information content (AvgIpc) is 2.61. The maximum atomic E-state index is 11.8. The highest BCUT2D eigenvalue weighted by molar-refractivity contribution is 9.10. The first-order valence-corrected chi connectivity index (χ1v) is 5.68. The van der Waals surface area contributed by atoms with Crippen LogP contribution in [0, 0.1) is 11.8 Å². The van der Waals surface area contributed by atoms with Crippen molar-refractivity contribution < 1.29 is 0 Å². The molecular formula is C10H11BrN4O2. The maximum Gasteiger partial charge on any atom is 0.329 e. The molecule has 1 aromatic rings. The van der Waals surface area contributed by atoms with Crippen molar-refractivity contribution in [1.82, 2.24) is 9.55 Å². The number of nitrogens with one attached hydrogen (secondary N) is 1. The lowest BCUT2D eigenvalue weighted by molar-refractivity contribution is 0.809. The fourth-order valence-electron chi connectivity index (χ4n) is 1.75. The molecule has 0 aromatic carbocycles. The highest BCUT2D eigenvalue weighted by Crippen LogP contribution is 2.32. The summed E-state index contributed by atoms with van der Waals surface area (Å²) in [6.07, 6.45) is 0. The van der Waals surface area contributed by atoms with E-state index in [0.29, 0.717) is 24.7 Å². The lowest BCUT2D eigenvalue weighted by Crippen LogP contribution is -2.32. The Hall–Kier alpha value is -1.68. The van der Waals surface area contributed by atoms with Gasteiger partial charge in [0.25, 0.3) is 5.56 Å². The first-order valence-electron chi connectivity index (χ1n) is 4.97. The summed E-state index contributed by atoms with van der Waals surface area (Å²) in [5, 5.41) is 0. The van der Waals surface area contributed by atoms with Crippen LogP contribution in [0.5, 0.6) is 0 Å². The summed E-state index contributed by atoms with van der Waals surface area (Å²) < 4.78 is 3.07. The molecule has 0 saturated heterocycles. The summed E-state index contributed by atoms with van der Waals surface area (Å²) >= 11 is 3.32. The lowest BCUT2D eigenvalue weighted by Gasteiger charge is -2.13. The van der Waals surface area contributed by atoms with Gasteiger partial charge in [-0.1, -0.05) is 5.92 Å². The highest BCUT2D eigenvalue weighted by Gasteiger charge is 2.30. The van der Waals surface area contributed by atoms with Crippen LogP contribution in [-0.4, -0.2) is 22.8 Å². The predicted octanol–water partition coefficient (Wildman–Crippen LogP) is -0.00930. The molecule has 0 saturated carbocycles. The molecule has 1 N–H and O–H groups in total. The number of rotatable bonds is 1. The van der Waals surface area contributed by atoms with E-state index in [4.69, 9.17) is 0 Å². The molecule has 1 aliphatic rings. The van der Waals surface area contributed by atoms with Gasteiger partial charge in [-0.2, -0.15) is 0 Å². The predicted molar refractivity (Wildman–Crippen MR) is 69.4 cm³/mol. The molecule has 0 bridgehead atoms. The van der Waals surface area contributed by atoms with Gasteiger partial charge in [-0.15, -0.1) is 5.92 Å². The van der Waals surface area contributed by atoms with Crippen molar-refractivity contribution in [1.29, 1.82) is 0 Å². The Morgan fingerprint density at radius 1 is 1.47 bits per heavy atom. The first-order chi connectivity index (χ1) is 8.06. The molecule has 6 nitrogen and oxygen atoms in total. The van der Waals surface area contributed by atoms with Gasteiger partial charge >= 0.3 is 5.69 Å². The van der Waals surface area contributed by atoms with E-state index in [1.165, 1.54) is 4.57 Å². The first kappa shape index (κ1) is 11.8. The van der Waals surface area contributed by atoms with Gasteiger partial charge in [-0.05, 0) is 6.92 Å². The number of halogens is 1. The number of hydrogen-bond donors (Lipinski definition) is 1. The van der Waals surface area contributed by atoms with Crippen molar-refractivity contribution in [3.05, 3.63) is 20.8 Å². The van der Waals surface area contributed by atoms with Gasteiger partial charge in [-0.3, -0.25) is 18.3 Å². The standard InChI is InChI=1S/C10H11BrN4O2/c1-3-4-5-14-6-15(11)9-7(14)8(16)12-10(17)13(9)2/h5-6H2,1-2H3,(H,12,16,17). The Kier molecular flexibility index (Phi) is 2.98. The second-order valence-electron chi connectivity index (χ2n) is 3.62. The number of H-pyrrole nitrogens is 1. The minimum Gasteiger partial charge on any atom is -0.334 e. The second-order valence-corrected chi connectivity index (χ2v) is 4.47. The van der Waals surface area contributed by atoms with Crippen molar-refractivity contribution in [2.45, 2.75) is 6.92 Å². The van der Waals surface area contributed by atoms with Crippen LogP contribution in [0.25, 0.3) is 0 Å². The van der Waals surface area contributed by atoms with Crippen LogP contribution >= 0.6 is 16.1 Å². The molecule has 17 heavy (non-hydrogen) atoms. The summed E-state index contributed by atoms with van der Waals surface area (Å²) in [6.45, 7) is 2.67. The van der Waals surface area contributed by atoms with Crippen LogP contribution < -0.4 is 20.1 Å². The Morgan fingerprint density at radius 2 is 2.18 bits per heavy atom. The van der Waals surface area contributed by atoms with Gasteiger partial charge in [0.1, 0.15) is 12.4 Å². The molecule has 7 heteroatoms. The molecule has 1 aromatic heterocycles. The van der Waals surface area contributed by atoms with Crippen LogP contribution in [-0.2, 0) is 7.05 Å². The zero-order chi connectivity index (χ0) is 12.6. The van der Waals surface area contributed by atoms with Crippen LogP contribution in [0.2, 0.25) is 0 Å². The molecule has 0 amide bonds. The SMILES string of the molecule is CC#CCN1CN(Br)c2c1c(=O)[nH]c(=O)n2C. The van der Waals surface area contributed by atoms with E-state index in [0.717, 1.165) is 0 Å². The van der Waals surface area contributed by atoms with Crippen LogP contribution in [0.3, 0.4) is 0 Å². The van der Waals surface area contributed by atoms with Crippen molar-refractivity contribution >= 4 is 27.7 Å². The van der Waals surface area contributed by atoms with Gasteiger partial charge in [0.2, 0.25) is 0 Å². The quantitative estimate of drug-likeness (QED) is 0.585. The normalized spacial score (nSPS) is 13.4. The second kappa shape index (κ2) is 4.30.